The number of nitrogens with zero attached hydrogens (tertiary/aromatic N) is 1. The molecule has 1 aromatic carbocycles. The quantitative estimate of drug-likeness (QED) is 0.408. The first-order valence-electron chi connectivity index (χ1n) is 8.43. The van der Waals surface area contributed by atoms with Crippen LogP contribution in [0.3, 0.4) is 0 Å². The number of carbonyl (C=O) groups excluding carboxylic acids is 3. The minimum atomic E-state index is -3.94. The molecule has 2 heterocycles. The molecule has 0 saturated carbocycles. The van der Waals surface area contributed by atoms with Crippen LogP contribution in [0.1, 0.15) is 31.1 Å². The number of carboxylic acid groups (broad SMARTS) is 1. The highest BCUT2D eigenvalue weighted by atomic mass is 32.2. The fraction of sp³-hybridized carbons (Fsp3) is 0.412. The first-order chi connectivity index (χ1) is 13.2. The Balaban J connectivity index is 1.92. The average Bonchev–Trinajstić information content (AvgIpc) is 2.87. The lowest BCUT2D eigenvalue weighted by Crippen LogP contribution is -2.82. The number of primary sulfonamides is 1. The van der Waals surface area contributed by atoms with Crippen LogP contribution >= 0.6 is 11.8 Å². The minimum absolute atomic E-state index is 0.0151. The zero-order chi connectivity index (χ0) is 21.9. The van der Waals surface area contributed by atoms with Gasteiger partial charge < -0.3 is 15.3 Å². The molecule has 1 aromatic rings. The SMILES string of the molecule is CC(=O)[C@]1(NC(=O)c2ccc(S(N)(=O)=O)cc2)C(=O)N2[C@@H](C(=O)O)C(C)(C)S[C@@H]21. The van der Waals surface area contributed by atoms with Crippen LogP contribution in [0.2, 0.25) is 0 Å². The summed E-state index contributed by atoms with van der Waals surface area (Å²) in [5.74, 6) is -3.37. The van der Waals surface area contributed by atoms with E-state index in [1.54, 1.807) is 13.8 Å². The maximum absolute atomic E-state index is 12.9. The van der Waals surface area contributed by atoms with Crippen molar-refractivity contribution in [2.24, 2.45) is 5.14 Å². The Kier molecular flexibility index (Phi) is 4.80. The Morgan fingerprint density at radius 3 is 2.21 bits per heavy atom. The second-order valence-electron chi connectivity index (χ2n) is 7.41. The van der Waals surface area contributed by atoms with Gasteiger partial charge in [0.05, 0.1) is 4.90 Å². The molecule has 0 bridgehead atoms. The number of thioether (sulfide) groups is 1. The van der Waals surface area contributed by atoms with Gasteiger partial charge in [0.1, 0.15) is 11.4 Å². The fourth-order valence-corrected chi connectivity index (χ4v) is 5.90. The van der Waals surface area contributed by atoms with E-state index in [1.165, 1.54) is 12.1 Å². The molecule has 3 atom stereocenters. The largest absolute Gasteiger partial charge is 0.480 e. The summed E-state index contributed by atoms with van der Waals surface area (Å²) in [4.78, 5) is 50.6. The molecule has 156 valence electrons. The van der Waals surface area contributed by atoms with E-state index in [1.807, 2.05) is 0 Å². The lowest BCUT2D eigenvalue weighted by molar-refractivity contribution is -0.170. The maximum atomic E-state index is 12.9. The molecular weight excluding hydrogens is 422 g/mol. The van der Waals surface area contributed by atoms with Crippen LogP contribution in [0.25, 0.3) is 0 Å². The molecule has 4 N–H and O–H groups in total. The molecule has 0 aliphatic carbocycles. The first-order valence-corrected chi connectivity index (χ1v) is 10.9. The van der Waals surface area contributed by atoms with Gasteiger partial charge in [0.15, 0.2) is 5.78 Å². The van der Waals surface area contributed by atoms with Crippen LogP contribution in [-0.4, -0.2) is 63.7 Å². The number of nitrogens with one attached hydrogen (secondary N) is 1. The van der Waals surface area contributed by atoms with E-state index in [9.17, 15) is 32.7 Å². The van der Waals surface area contributed by atoms with Crippen molar-refractivity contribution in [3.8, 4) is 0 Å². The van der Waals surface area contributed by atoms with Gasteiger partial charge in [-0.05, 0) is 45.0 Å². The normalized spacial score (nSPS) is 27.7. The van der Waals surface area contributed by atoms with Crippen molar-refractivity contribution in [2.75, 3.05) is 0 Å². The number of hydrogen-bond donors (Lipinski definition) is 3. The summed E-state index contributed by atoms with van der Waals surface area (Å²) in [6, 6.07) is 3.54. The van der Waals surface area contributed by atoms with Gasteiger partial charge in [0.2, 0.25) is 15.6 Å². The summed E-state index contributed by atoms with van der Waals surface area (Å²) >= 11 is 1.13. The van der Waals surface area contributed by atoms with Crippen molar-refractivity contribution in [3.05, 3.63) is 29.8 Å². The second kappa shape index (κ2) is 6.54. The molecule has 29 heavy (non-hydrogen) atoms. The number of fused-ring (bicyclic) bond motifs is 1. The second-order valence-corrected chi connectivity index (χ2v) is 10.7. The van der Waals surface area contributed by atoms with Crippen LogP contribution in [0.5, 0.6) is 0 Å². The third-order valence-electron chi connectivity index (χ3n) is 5.09. The molecule has 10 nitrogen and oxygen atoms in total. The lowest BCUT2D eigenvalue weighted by atomic mass is 9.81. The number of carbonyl (C=O) groups is 4. The standard InChI is InChI=1S/C17H19N3O7S2/c1-8(21)17(14(25)20-11(13(23)24)16(2,3)28-15(17)20)19-12(22)9-4-6-10(7-5-9)29(18,26)27/h4-7,11,15H,1-3H3,(H,19,22)(H,23,24)(H2,18,26,27)/t11-,15+,17-/m0/s1. The van der Waals surface area contributed by atoms with E-state index in [0.717, 1.165) is 35.7 Å². The van der Waals surface area contributed by atoms with Gasteiger partial charge in [-0.1, -0.05) is 0 Å². The number of benzene rings is 1. The maximum Gasteiger partial charge on any atom is 0.327 e. The molecule has 0 spiro atoms. The smallest absolute Gasteiger partial charge is 0.327 e. The Hall–Kier alpha value is -2.44. The molecule has 2 fully saturated rings. The Morgan fingerprint density at radius 2 is 1.76 bits per heavy atom. The number of sulfonamides is 1. The summed E-state index contributed by atoms with van der Waals surface area (Å²) < 4.78 is 21.8. The monoisotopic (exact) mass is 441 g/mol. The van der Waals surface area contributed by atoms with Gasteiger partial charge in [0, 0.05) is 10.3 Å². The van der Waals surface area contributed by atoms with E-state index < -0.39 is 55.3 Å². The van der Waals surface area contributed by atoms with E-state index in [2.05, 4.69) is 5.32 Å². The lowest BCUT2D eigenvalue weighted by Gasteiger charge is -2.51. The van der Waals surface area contributed by atoms with Crippen LogP contribution in [0.4, 0.5) is 0 Å². The summed E-state index contributed by atoms with van der Waals surface area (Å²) in [5.41, 5.74) is -1.87. The Morgan fingerprint density at radius 1 is 1.21 bits per heavy atom. The molecule has 2 amide bonds. The molecule has 2 aliphatic heterocycles. The molecule has 2 saturated heterocycles. The molecule has 0 radical (unpaired) electrons. The van der Waals surface area contributed by atoms with E-state index in [0.29, 0.717) is 0 Å². The predicted octanol–water partition coefficient (Wildman–Crippen LogP) is -0.461. The number of carboxylic acids is 1. The van der Waals surface area contributed by atoms with Gasteiger partial charge in [-0.15, -0.1) is 11.8 Å². The molecular formula is C17H19N3O7S2. The van der Waals surface area contributed by atoms with Crippen molar-refractivity contribution in [3.63, 3.8) is 0 Å². The highest BCUT2D eigenvalue weighted by Gasteiger charge is 2.74. The highest BCUT2D eigenvalue weighted by molar-refractivity contribution is 8.01. The summed E-state index contributed by atoms with van der Waals surface area (Å²) in [6.45, 7) is 4.46. The highest BCUT2D eigenvalue weighted by Crippen LogP contribution is 2.55. The van der Waals surface area contributed by atoms with Gasteiger partial charge in [-0.25, -0.2) is 18.4 Å². The van der Waals surface area contributed by atoms with E-state index in [-0.39, 0.29) is 10.5 Å². The van der Waals surface area contributed by atoms with Crippen molar-refractivity contribution in [1.29, 1.82) is 0 Å². The van der Waals surface area contributed by atoms with Crippen LogP contribution < -0.4 is 10.5 Å². The number of Topliss-reactive ketones (excluding diaryl/α,β-unsaturated/α-hetero) is 1. The van der Waals surface area contributed by atoms with Gasteiger partial charge in [-0.3, -0.25) is 14.4 Å². The molecule has 0 aromatic heterocycles. The number of rotatable bonds is 5. The molecule has 2 aliphatic rings. The van der Waals surface area contributed by atoms with Crippen molar-refractivity contribution in [2.45, 2.75) is 47.4 Å². The van der Waals surface area contributed by atoms with Gasteiger partial charge in [-0.2, -0.15) is 0 Å². The van der Waals surface area contributed by atoms with Crippen LogP contribution in [0, 0.1) is 0 Å². The van der Waals surface area contributed by atoms with E-state index in [4.69, 9.17) is 5.14 Å². The van der Waals surface area contributed by atoms with Crippen molar-refractivity contribution >= 4 is 45.4 Å². The third-order valence-corrected chi connectivity index (χ3v) is 7.66. The summed E-state index contributed by atoms with van der Waals surface area (Å²) in [5, 5.41) is 16.1. The van der Waals surface area contributed by atoms with Crippen LogP contribution in [0.15, 0.2) is 29.2 Å². The number of hydrogen-bond acceptors (Lipinski definition) is 7. The molecule has 12 heteroatoms. The van der Waals surface area contributed by atoms with E-state index >= 15 is 0 Å². The number of β-lactam (4-membered cyclic amide) rings is 1. The number of aliphatic carboxylic acids is 1. The average molecular weight is 441 g/mol. The van der Waals surface area contributed by atoms with Crippen molar-refractivity contribution < 1.29 is 32.7 Å². The number of amides is 2. The first kappa shape index (κ1) is 21.3. The molecule has 0 unspecified atom stereocenters. The molecule has 3 rings (SSSR count). The number of nitrogens with two attached hydrogens (primary N) is 1. The van der Waals surface area contributed by atoms with Gasteiger partial charge >= 0.3 is 5.97 Å². The summed E-state index contributed by atoms with van der Waals surface area (Å²) in [7, 11) is -3.94. The van der Waals surface area contributed by atoms with Crippen LogP contribution in [-0.2, 0) is 24.4 Å². The van der Waals surface area contributed by atoms with Gasteiger partial charge in [0.25, 0.3) is 11.8 Å². The fourth-order valence-electron chi connectivity index (χ4n) is 3.63. The summed E-state index contributed by atoms with van der Waals surface area (Å²) in [6.07, 6.45) is 0. The zero-order valence-electron chi connectivity index (χ0n) is 15.7. The Bertz CT molecular complexity index is 1040. The third kappa shape index (κ3) is 3.11. The zero-order valence-corrected chi connectivity index (χ0v) is 17.3. The van der Waals surface area contributed by atoms with Crippen molar-refractivity contribution in [1.82, 2.24) is 10.2 Å². The Labute approximate surface area is 170 Å². The number of ketones is 1. The topological polar surface area (TPSA) is 164 Å². The minimum Gasteiger partial charge on any atom is -0.480 e. The predicted molar refractivity (Wildman–Crippen MR) is 102 cm³/mol.